The Hall–Kier alpha value is -3.47. The zero-order chi connectivity index (χ0) is 34.4. The molecule has 47 heavy (non-hydrogen) atoms. The summed E-state index contributed by atoms with van der Waals surface area (Å²) in [4.78, 5) is 14.0. The van der Waals surface area contributed by atoms with Crippen LogP contribution in [-0.2, 0) is 39.9 Å². The molecule has 4 rings (SSSR count). The number of nitrogens with one attached hydrogen (secondary N) is 2. The molecule has 1 fully saturated rings. The minimum atomic E-state index is -3.87. The molecule has 0 unspecified atom stereocenters. The molecule has 0 atom stereocenters. The van der Waals surface area contributed by atoms with Crippen LogP contribution in [-0.4, -0.2) is 38.6 Å². The minimum absolute atomic E-state index is 0.0283. The van der Waals surface area contributed by atoms with Crippen molar-refractivity contribution in [3.05, 3.63) is 106 Å². The van der Waals surface area contributed by atoms with Gasteiger partial charge in [-0.25, -0.2) is 21.6 Å². The number of amides is 1. The Bertz CT molecular complexity index is 1810. The SMILES string of the molecule is C=C1/C=C\C=C/C/C(c2cc(C(=O)NCc3ccc(S(=O)(=O)CC)cc3)n(C)c2CC2CCCCC2)=C\C=C1S(=O)(=O)NC(C)(C)C. The molecule has 10 heteroatoms. The van der Waals surface area contributed by atoms with E-state index in [-0.39, 0.29) is 28.0 Å². The summed E-state index contributed by atoms with van der Waals surface area (Å²) in [5, 5.41) is 3.01. The van der Waals surface area contributed by atoms with Crippen molar-refractivity contribution in [3.8, 4) is 0 Å². The van der Waals surface area contributed by atoms with Gasteiger partial charge in [0.15, 0.2) is 9.84 Å². The fourth-order valence-electron chi connectivity index (χ4n) is 6.10. The van der Waals surface area contributed by atoms with Gasteiger partial charge in [-0.05, 0) is 86.1 Å². The largest absolute Gasteiger partial charge is 0.347 e. The van der Waals surface area contributed by atoms with E-state index < -0.39 is 25.4 Å². The Balaban J connectivity index is 1.72. The smallest absolute Gasteiger partial charge is 0.268 e. The highest BCUT2D eigenvalue weighted by atomic mass is 32.2. The number of rotatable bonds is 10. The second-order valence-corrected chi connectivity index (χ2v) is 17.4. The molecule has 2 aromatic rings. The van der Waals surface area contributed by atoms with Gasteiger partial charge in [0.1, 0.15) is 5.69 Å². The maximum absolute atomic E-state index is 13.7. The number of nitrogens with zero attached hydrogens (tertiary/aromatic N) is 1. The standard InChI is InChI=1S/C37H49N3O5S2/c1-7-46(42,43)31-21-18-29(19-22-31)26-38-36(41)34-25-32(33(40(34)6)24-28-15-11-9-12-16-28)30-17-13-8-10-14-27(2)35(23-20-30)47(44,45)39-37(3,4)5/h8,10,13-14,18-23,25,28,39H,2,7,9,11-12,15-17,24,26H2,1,3-6H3,(H,38,41)/b13-8-,14-10-,30-20+,35-23?. The van der Waals surface area contributed by atoms with E-state index >= 15 is 0 Å². The van der Waals surface area contributed by atoms with Crippen LogP contribution in [0.1, 0.15) is 93.5 Å². The van der Waals surface area contributed by atoms with Gasteiger partial charge in [-0.1, -0.05) is 88.1 Å². The van der Waals surface area contributed by atoms with Crippen LogP contribution in [0, 0.1) is 5.92 Å². The molecule has 0 aliphatic heterocycles. The van der Waals surface area contributed by atoms with Gasteiger partial charge in [-0.2, -0.15) is 0 Å². The van der Waals surface area contributed by atoms with E-state index in [9.17, 15) is 21.6 Å². The van der Waals surface area contributed by atoms with Crippen molar-refractivity contribution >= 4 is 31.3 Å². The molecule has 1 aromatic carbocycles. The van der Waals surface area contributed by atoms with Crippen molar-refractivity contribution < 1.29 is 21.6 Å². The first-order chi connectivity index (χ1) is 22.1. The Morgan fingerprint density at radius 2 is 1.68 bits per heavy atom. The van der Waals surface area contributed by atoms with Crippen LogP contribution in [0.4, 0.5) is 0 Å². The predicted molar refractivity (Wildman–Crippen MR) is 191 cm³/mol. The molecule has 0 saturated heterocycles. The van der Waals surface area contributed by atoms with Crippen LogP contribution < -0.4 is 10.0 Å². The van der Waals surface area contributed by atoms with Crippen molar-refractivity contribution in [3.63, 3.8) is 0 Å². The first kappa shape index (κ1) is 36.4. The summed E-state index contributed by atoms with van der Waals surface area (Å²) in [6, 6.07) is 8.51. The zero-order valence-electron chi connectivity index (χ0n) is 28.3. The summed E-state index contributed by atoms with van der Waals surface area (Å²) < 4.78 is 56.0. The zero-order valence-corrected chi connectivity index (χ0v) is 29.9. The van der Waals surface area contributed by atoms with E-state index in [1.807, 2.05) is 35.9 Å². The van der Waals surface area contributed by atoms with E-state index in [4.69, 9.17) is 0 Å². The van der Waals surface area contributed by atoms with Gasteiger partial charge in [0.05, 0.1) is 15.6 Å². The number of allylic oxidation sites excluding steroid dienone is 8. The third kappa shape index (κ3) is 9.55. The fraction of sp³-hybridized carbons (Fsp3) is 0.432. The molecule has 1 heterocycles. The summed E-state index contributed by atoms with van der Waals surface area (Å²) in [6.07, 6.45) is 18.1. The van der Waals surface area contributed by atoms with Crippen molar-refractivity contribution in [2.45, 2.75) is 89.6 Å². The fourth-order valence-corrected chi connectivity index (χ4v) is 8.56. The van der Waals surface area contributed by atoms with E-state index in [1.54, 1.807) is 70.2 Å². The molecule has 0 radical (unpaired) electrons. The molecule has 8 nitrogen and oxygen atoms in total. The van der Waals surface area contributed by atoms with Crippen molar-refractivity contribution in [1.29, 1.82) is 0 Å². The molecule has 1 saturated carbocycles. The maximum Gasteiger partial charge on any atom is 0.268 e. The molecule has 2 aliphatic carbocycles. The molecular formula is C37H49N3O5S2. The highest BCUT2D eigenvalue weighted by molar-refractivity contribution is 7.93. The van der Waals surface area contributed by atoms with Crippen LogP contribution in [0.3, 0.4) is 0 Å². The molecule has 2 aliphatic rings. The molecule has 1 amide bonds. The van der Waals surface area contributed by atoms with Gasteiger partial charge in [-0.3, -0.25) is 4.79 Å². The number of hydrogen-bond acceptors (Lipinski definition) is 5. The molecule has 0 bridgehead atoms. The third-order valence-electron chi connectivity index (χ3n) is 8.62. The van der Waals surface area contributed by atoms with Gasteiger partial charge < -0.3 is 9.88 Å². The van der Waals surface area contributed by atoms with E-state index in [0.717, 1.165) is 41.7 Å². The van der Waals surface area contributed by atoms with Crippen LogP contribution in [0.25, 0.3) is 5.57 Å². The first-order valence-corrected chi connectivity index (χ1v) is 19.5. The topological polar surface area (TPSA) is 114 Å². The summed E-state index contributed by atoms with van der Waals surface area (Å²) in [6.45, 7) is 11.3. The minimum Gasteiger partial charge on any atom is -0.347 e. The summed E-state index contributed by atoms with van der Waals surface area (Å²) >= 11 is 0. The van der Waals surface area contributed by atoms with E-state index in [2.05, 4.69) is 16.6 Å². The molecule has 1 aromatic heterocycles. The number of sulfone groups is 1. The van der Waals surface area contributed by atoms with E-state index in [1.165, 1.54) is 19.3 Å². The highest BCUT2D eigenvalue weighted by Gasteiger charge is 2.27. The summed E-state index contributed by atoms with van der Waals surface area (Å²) in [5.41, 5.74) is 3.88. The lowest BCUT2D eigenvalue weighted by molar-refractivity contribution is 0.0942. The van der Waals surface area contributed by atoms with Crippen molar-refractivity contribution in [1.82, 2.24) is 14.6 Å². The van der Waals surface area contributed by atoms with E-state index in [0.29, 0.717) is 23.6 Å². The molecular weight excluding hydrogens is 631 g/mol. The summed E-state index contributed by atoms with van der Waals surface area (Å²) in [7, 11) is -5.25. The number of aromatic nitrogens is 1. The maximum atomic E-state index is 13.7. The van der Waals surface area contributed by atoms with Crippen LogP contribution in [0.15, 0.2) is 88.7 Å². The number of carbonyl (C=O) groups is 1. The lowest BCUT2D eigenvalue weighted by Gasteiger charge is -2.23. The normalized spacial score (nSPS) is 19.4. The Labute approximate surface area is 281 Å². The Kier molecular flexibility index (Phi) is 11.7. The molecule has 254 valence electrons. The molecule has 2 N–H and O–H groups in total. The van der Waals surface area contributed by atoms with Gasteiger partial charge in [-0.15, -0.1) is 0 Å². The second-order valence-electron chi connectivity index (χ2n) is 13.5. The Morgan fingerprint density at radius 1 is 1.00 bits per heavy atom. The van der Waals surface area contributed by atoms with Gasteiger partial charge in [0.25, 0.3) is 5.91 Å². The van der Waals surface area contributed by atoms with Crippen molar-refractivity contribution in [2.24, 2.45) is 13.0 Å². The lowest BCUT2D eigenvalue weighted by atomic mass is 9.84. The first-order valence-electron chi connectivity index (χ1n) is 16.4. The third-order valence-corrected chi connectivity index (χ3v) is 12.2. The van der Waals surface area contributed by atoms with Crippen molar-refractivity contribution in [2.75, 3.05) is 5.75 Å². The lowest BCUT2D eigenvalue weighted by Crippen LogP contribution is -2.41. The second kappa shape index (κ2) is 15.2. The van der Waals surface area contributed by atoms with Gasteiger partial charge in [0.2, 0.25) is 10.0 Å². The number of benzene rings is 1. The highest BCUT2D eigenvalue weighted by Crippen LogP contribution is 2.33. The Morgan fingerprint density at radius 3 is 2.32 bits per heavy atom. The number of hydrogen-bond donors (Lipinski definition) is 2. The number of sulfonamides is 1. The van der Waals surface area contributed by atoms with Gasteiger partial charge >= 0.3 is 0 Å². The van der Waals surface area contributed by atoms with Crippen LogP contribution >= 0.6 is 0 Å². The average molecular weight is 680 g/mol. The summed E-state index contributed by atoms with van der Waals surface area (Å²) in [5.74, 6) is 0.292. The van der Waals surface area contributed by atoms with Crippen LogP contribution in [0.2, 0.25) is 0 Å². The number of carbonyl (C=O) groups excluding carboxylic acids is 1. The van der Waals surface area contributed by atoms with Gasteiger partial charge in [0, 0.05) is 24.8 Å². The predicted octanol–water partition coefficient (Wildman–Crippen LogP) is 6.93. The average Bonchev–Trinajstić information content (AvgIpc) is 3.33. The molecule has 0 spiro atoms. The quantitative estimate of drug-likeness (QED) is 0.283. The monoisotopic (exact) mass is 679 g/mol. The van der Waals surface area contributed by atoms with Crippen LogP contribution in [0.5, 0.6) is 0 Å².